The van der Waals surface area contributed by atoms with Crippen LogP contribution in [0.5, 0.6) is 0 Å². The largest absolute Gasteiger partial charge is 0.382 e. The second-order valence-electron chi connectivity index (χ2n) is 4.37. The minimum absolute atomic E-state index is 0.608. The molecule has 5 nitrogen and oxygen atoms in total. The lowest BCUT2D eigenvalue weighted by Crippen LogP contribution is -2.02. The van der Waals surface area contributed by atoms with Crippen molar-refractivity contribution in [1.82, 2.24) is 19.6 Å². The molecule has 0 aliphatic heterocycles. The SMILES string of the molecule is Cn1cc(C(O)c2ccn(-c3ccccc3)n2)cn1. The van der Waals surface area contributed by atoms with E-state index in [0.717, 1.165) is 11.3 Å². The number of aliphatic hydroxyl groups excluding tert-OH is 1. The van der Waals surface area contributed by atoms with Gasteiger partial charge >= 0.3 is 0 Å². The topological polar surface area (TPSA) is 55.9 Å². The van der Waals surface area contributed by atoms with Crippen LogP contribution in [0, 0.1) is 0 Å². The van der Waals surface area contributed by atoms with E-state index in [0.29, 0.717) is 5.69 Å². The molecule has 1 N–H and O–H groups in total. The van der Waals surface area contributed by atoms with Crippen molar-refractivity contribution in [2.45, 2.75) is 6.10 Å². The van der Waals surface area contributed by atoms with Crippen LogP contribution < -0.4 is 0 Å². The van der Waals surface area contributed by atoms with Crippen LogP contribution in [0.25, 0.3) is 5.69 Å². The van der Waals surface area contributed by atoms with Crippen molar-refractivity contribution in [3.05, 3.63) is 66.2 Å². The molecule has 0 aliphatic carbocycles. The fourth-order valence-electron chi connectivity index (χ4n) is 1.96. The molecular formula is C14H14N4O. The molecule has 0 saturated heterocycles. The molecule has 3 rings (SSSR count). The van der Waals surface area contributed by atoms with Crippen LogP contribution in [0.1, 0.15) is 17.4 Å². The van der Waals surface area contributed by atoms with Crippen LogP contribution in [-0.2, 0) is 7.05 Å². The first-order chi connectivity index (χ1) is 9.24. The van der Waals surface area contributed by atoms with E-state index in [-0.39, 0.29) is 0 Å². The van der Waals surface area contributed by atoms with E-state index in [9.17, 15) is 5.11 Å². The van der Waals surface area contributed by atoms with Gasteiger partial charge in [0.1, 0.15) is 6.10 Å². The molecular weight excluding hydrogens is 240 g/mol. The van der Waals surface area contributed by atoms with Gasteiger partial charge in [0, 0.05) is 25.0 Å². The van der Waals surface area contributed by atoms with Crippen LogP contribution in [0.3, 0.4) is 0 Å². The van der Waals surface area contributed by atoms with Crippen LogP contribution in [0.15, 0.2) is 55.0 Å². The average Bonchev–Trinajstić information content (AvgIpc) is 3.08. The Morgan fingerprint density at radius 3 is 2.63 bits per heavy atom. The molecule has 3 aromatic rings. The van der Waals surface area contributed by atoms with Crippen molar-refractivity contribution in [2.75, 3.05) is 0 Å². The Kier molecular flexibility index (Phi) is 2.89. The third-order valence-corrected chi connectivity index (χ3v) is 2.95. The van der Waals surface area contributed by atoms with Crippen molar-refractivity contribution >= 4 is 0 Å². The number of hydrogen-bond acceptors (Lipinski definition) is 3. The first-order valence-corrected chi connectivity index (χ1v) is 6.01. The summed E-state index contributed by atoms with van der Waals surface area (Å²) in [7, 11) is 1.82. The quantitative estimate of drug-likeness (QED) is 0.773. The van der Waals surface area contributed by atoms with E-state index in [4.69, 9.17) is 0 Å². The number of aliphatic hydroxyl groups is 1. The maximum Gasteiger partial charge on any atom is 0.126 e. The molecule has 1 unspecified atom stereocenters. The lowest BCUT2D eigenvalue weighted by Gasteiger charge is -2.04. The summed E-state index contributed by atoms with van der Waals surface area (Å²) in [5.41, 5.74) is 2.31. The van der Waals surface area contributed by atoms with Crippen LogP contribution in [0.2, 0.25) is 0 Å². The summed E-state index contributed by atoms with van der Waals surface area (Å²) in [6.07, 6.45) is 4.52. The molecule has 5 heteroatoms. The van der Waals surface area contributed by atoms with E-state index >= 15 is 0 Å². The predicted octanol–water partition coefficient (Wildman–Crippen LogP) is 1.69. The molecule has 19 heavy (non-hydrogen) atoms. The summed E-state index contributed by atoms with van der Waals surface area (Å²) in [6.45, 7) is 0. The normalized spacial score (nSPS) is 12.5. The number of nitrogens with zero attached hydrogens (tertiary/aromatic N) is 4. The fourth-order valence-corrected chi connectivity index (χ4v) is 1.96. The van der Waals surface area contributed by atoms with Crippen molar-refractivity contribution < 1.29 is 5.11 Å². The molecule has 0 saturated carbocycles. The highest BCUT2D eigenvalue weighted by atomic mass is 16.3. The van der Waals surface area contributed by atoms with Crippen LogP contribution in [-0.4, -0.2) is 24.7 Å². The molecule has 2 heterocycles. The first kappa shape index (κ1) is 11.7. The van der Waals surface area contributed by atoms with Crippen molar-refractivity contribution in [2.24, 2.45) is 7.05 Å². The summed E-state index contributed by atoms with van der Waals surface area (Å²) in [4.78, 5) is 0. The second kappa shape index (κ2) is 4.70. The molecule has 0 spiro atoms. The molecule has 0 bridgehead atoms. The number of aromatic nitrogens is 4. The van der Waals surface area contributed by atoms with Crippen LogP contribution >= 0.6 is 0 Å². The van der Waals surface area contributed by atoms with E-state index in [1.165, 1.54) is 0 Å². The monoisotopic (exact) mass is 254 g/mol. The van der Waals surface area contributed by atoms with Gasteiger partial charge in [0.2, 0.25) is 0 Å². The zero-order valence-electron chi connectivity index (χ0n) is 10.5. The Bertz CT molecular complexity index is 672. The molecule has 0 aliphatic rings. The highest BCUT2D eigenvalue weighted by molar-refractivity contribution is 5.31. The van der Waals surface area contributed by atoms with Gasteiger partial charge in [0.05, 0.1) is 17.6 Å². The van der Waals surface area contributed by atoms with Gasteiger partial charge in [-0.25, -0.2) is 4.68 Å². The predicted molar refractivity (Wildman–Crippen MR) is 70.8 cm³/mol. The van der Waals surface area contributed by atoms with Crippen molar-refractivity contribution in [3.8, 4) is 5.69 Å². The van der Waals surface area contributed by atoms with E-state index in [2.05, 4.69) is 10.2 Å². The van der Waals surface area contributed by atoms with Gasteiger partial charge in [0.15, 0.2) is 0 Å². The second-order valence-corrected chi connectivity index (χ2v) is 4.37. The summed E-state index contributed by atoms with van der Waals surface area (Å²) in [5.74, 6) is 0. The lowest BCUT2D eigenvalue weighted by molar-refractivity contribution is 0.214. The summed E-state index contributed by atoms with van der Waals surface area (Å²) in [5, 5.41) is 18.7. The van der Waals surface area contributed by atoms with E-state index in [1.807, 2.05) is 49.6 Å². The molecule has 2 aromatic heterocycles. The number of aryl methyl sites for hydroxylation is 1. The van der Waals surface area contributed by atoms with Crippen molar-refractivity contribution in [3.63, 3.8) is 0 Å². The number of para-hydroxylation sites is 1. The average molecular weight is 254 g/mol. The zero-order chi connectivity index (χ0) is 13.2. The molecule has 0 radical (unpaired) electrons. The van der Waals surface area contributed by atoms with Gasteiger partial charge in [-0.1, -0.05) is 18.2 Å². The third kappa shape index (κ3) is 2.28. The lowest BCUT2D eigenvalue weighted by atomic mass is 10.1. The smallest absolute Gasteiger partial charge is 0.126 e. The summed E-state index contributed by atoms with van der Waals surface area (Å²) < 4.78 is 3.40. The van der Waals surface area contributed by atoms with Gasteiger partial charge in [-0.05, 0) is 18.2 Å². The maximum atomic E-state index is 10.2. The molecule has 0 amide bonds. The summed E-state index contributed by atoms with van der Waals surface area (Å²) in [6, 6.07) is 11.6. The standard InChI is InChI=1S/C14H14N4O/c1-17-10-11(9-15-17)14(19)13-7-8-18(16-13)12-5-3-2-4-6-12/h2-10,14,19H,1H3. The number of hydrogen-bond donors (Lipinski definition) is 1. The Labute approximate surface area is 110 Å². The molecule has 1 aromatic carbocycles. The minimum atomic E-state index is -0.751. The Balaban J connectivity index is 1.89. The zero-order valence-corrected chi connectivity index (χ0v) is 10.5. The third-order valence-electron chi connectivity index (χ3n) is 2.95. The van der Waals surface area contributed by atoms with Gasteiger partial charge in [-0.15, -0.1) is 0 Å². The van der Waals surface area contributed by atoms with Crippen LogP contribution in [0.4, 0.5) is 0 Å². The molecule has 0 fully saturated rings. The van der Waals surface area contributed by atoms with E-state index < -0.39 is 6.10 Å². The van der Waals surface area contributed by atoms with Gasteiger partial charge in [0.25, 0.3) is 0 Å². The highest BCUT2D eigenvalue weighted by Gasteiger charge is 2.15. The van der Waals surface area contributed by atoms with Gasteiger partial charge < -0.3 is 5.11 Å². The minimum Gasteiger partial charge on any atom is -0.382 e. The summed E-state index contributed by atoms with van der Waals surface area (Å²) >= 11 is 0. The Morgan fingerprint density at radius 2 is 1.95 bits per heavy atom. The number of benzene rings is 1. The molecule has 1 atom stereocenters. The Hall–Kier alpha value is -2.40. The fraction of sp³-hybridized carbons (Fsp3) is 0.143. The van der Waals surface area contributed by atoms with Gasteiger partial charge in [-0.3, -0.25) is 4.68 Å². The van der Waals surface area contributed by atoms with Crippen molar-refractivity contribution in [1.29, 1.82) is 0 Å². The van der Waals surface area contributed by atoms with E-state index in [1.54, 1.807) is 21.8 Å². The highest BCUT2D eigenvalue weighted by Crippen LogP contribution is 2.20. The first-order valence-electron chi connectivity index (χ1n) is 6.01. The Morgan fingerprint density at radius 1 is 1.16 bits per heavy atom. The number of rotatable bonds is 3. The maximum absolute atomic E-state index is 10.2. The van der Waals surface area contributed by atoms with Gasteiger partial charge in [-0.2, -0.15) is 10.2 Å². The molecule has 96 valence electrons.